The van der Waals surface area contributed by atoms with Gasteiger partial charge in [-0.1, -0.05) is 0 Å². The summed E-state index contributed by atoms with van der Waals surface area (Å²) in [6.07, 6.45) is -4.37. The molecule has 1 fully saturated rings. The van der Waals surface area contributed by atoms with Crippen molar-refractivity contribution in [2.24, 2.45) is 0 Å². The Morgan fingerprint density at radius 1 is 1.08 bits per heavy atom. The highest BCUT2D eigenvalue weighted by atomic mass is 32.2. The monoisotopic (exact) mass is 198 g/mol. The molecule has 0 bridgehead atoms. The van der Waals surface area contributed by atoms with Crippen LogP contribution < -0.4 is 0 Å². The van der Waals surface area contributed by atoms with Crippen molar-refractivity contribution in [3.63, 3.8) is 0 Å². The van der Waals surface area contributed by atoms with Gasteiger partial charge in [-0.2, -0.15) is 0 Å². The molecule has 4 N–H and O–H groups in total. The van der Waals surface area contributed by atoms with Crippen molar-refractivity contribution in [3.8, 4) is 0 Å². The van der Waals surface area contributed by atoms with Crippen molar-refractivity contribution >= 4 is 11.8 Å². The van der Waals surface area contributed by atoms with Crippen LogP contribution in [0.5, 0.6) is 0 Å². The van der Waals surface area contributed by atoms with Crippen LogP contribution in [0.3, 0.4) is 0 Å². The highest BCUT2D eigenvalue weighted by molar-refractivity contribution is 8.00. The Morgan fingerprint density at radius 2 is 1.67 bits per heavy atom. The second-order valence-corrected chi connectivity index (χ2v) is 4.01. The van der Waals surface area contributed by atoms with Gasteiger partial charge in [0.2, 0.25) is 0 Å². The van der Waals surface area contributed by atoms with Gasteiger partial charge in [0.05, 0.1) is 18.0 Å². The lowest BCUT2D eigenvalue weighted by atomic mass is 10.1. The number of aliphatic hydroxyl groups is 4. The van der Waals surface area contributed by atoms with Gasteiger partial charge >= 0.3 is 0 Å². The van der Waals surface area contributed by atoms with Crippen molar-refractivity contribution in [1.29, 1.82) is 0 Å². The summed E-state index contributed by atoms with van der Waals surface area (Å²) < 4.78 is 12.8. The number of halogens is 1. The van der Waals surface area contributed by atoms with Gasteiger partial charge in [-0.05, 0) is 0 Å². The molecule has 12 heavy (non-hydrogen) atoms. The Hall–Kier alpha value is 0.120. The first-order valence-corrected chi connectivity index (χ1v) is 4.46. The zero-order chi connectivity index (χ0) is 9.30. The van der Waals surface area contributed by atoms with E-state index >= 15 is 0 Å². The predicted octanol–water partition coefficient (Wildman–Crippen LogP) is -1.53. The molecule has 0 amide bonds. The first kappa shape index (κ1) is 10.2. The fourth-order valence-corrected chi connectivity index (χ4v) is 2.12. The van der Waals surface area contributed by atoms with Crippen molar-refractivity contribution in [1.82, 2.24) is 0 Å². The third kappa shape index (κ3) is 1.72. The van der Waals surface area contributed by atoms with Crippen molar-refractivity contribution in [3.05, 3.63) is 0 Å². The van der Waals surface area contributed by atoms with E-state index in [1.807, 2.05) is 0 Å². The number of hydrogen-bond donors (Lipinski definition) is 4. The van der Waals surface area contributed by atoms with E-state index < -0.39 is 35.7 Å². The molecule has 0 saturated carbocycles. The smallest absolute Gasteiger partial charge is 0.174 e. The van der Waals surface area contributed by atoms with Crippen molar-refractivity contribution in [2.75, 3.05) is 6.61 Å². The lowest BCUT2D eigenvalue weighted by Gasteiger charge is -2.35. The van der Waals surface area contributed by atoms with Gasteiger partial charge in [-0.3, -0.25) is 0 Å². The molecule has 1 rings (SSSR count). The Labute approximate surface area is 73.0 Å². The van der Waals surface area contributed by atoms with E-state index in [0.29, 0.717) is 11.8 Å². The molecule has 0 aromatic heterocycles. The maximum absolute atomic E-state index is 12.8. The lowest BCUT2D eigenvalue weighted by molar-refractivity contribution is -0.0828. The second kappa shape index (κ2) is 3.89. The van der Waals surface area contributed by atoms with Crippen LogP contribution >= 0.6 is 11.8 Å². The third-order valence-electron chi connectivity index (χ3n) is 1.83. The van der Waals surface area contributed by atoms with Crippen LogP contribution in [-0.2, 0) is 0 Å². The third-order valence-corrected chi connectivity index (χ3v) is 3.15. The molecule has 0 radical (unpaired) electrons. The molecular formula is C6H11FO4S. The van der Waals surface area contributed by atoms with E-state index in [9.17, 15) is 4.39 Å². The van der Waals surface area contributed by atoms with Gasteiger partial charge in [0, 0.05) is 0 Å². The average Bonchev–Trinajstić information content (AvgIpc) is 2.08. The largest absolute Gasteiger partial charge is 0.395 e. The fraction of sp³-hybridized carbons (Fsp3) is 1.00. The molecule has 5 unspecified atom stereocenters. The van der Waals surface area contributed by atoms with Gasteiger partial charge in [-0.15, -0.1) is 11.8 Å². The minimum Gasteiger partial charge on any atom is -0.395 e. The maximum Gasteiger partial charge on any atom is 0.174 e. The van der Waals surface area contributed by atoms with Crippen molar-refractivity contribution < 1.29 is 24.8 Å². The molecule has 0 aromatic rings. The predicted molar refractivity (Wildman–Crippen MR) is 41.4 cm³/mol. The van der Waals surface area contributed by atoms with E-state index in [1.165, 1.54) is 0 Å². The lowest BCUT2D eigenvalue weighted by Crippen LogP contribution is -2.52. The van der Waals surface area contributed by atoms with Gasteiger partial charge < -0.3 is 20.4 Å². The quantitative estimate of drug-likeness (QED) is 0.411. The van der Waals surface area contributed by atoms with E-state index in [-0.39, 0.29) is 0 Å². The minimum absolute atomic E-state index is 0.421. The van der Waals surface area contributed by atoms with Crippen molar-refractivity contribution in [2.45, 2.75) is 29.1 Å². The molecule has 1 heterocycles. The number of thioether (sulfide) groups is 1. The summed E-state index contributed by atoms with van der Waals surface area (Å²) in [6, 6.07) is 0. The topological polar surface area (TPSA) is 80.9 Å². The second-order valence-electron chi connectivity index (χ2n) is 2.68. The molecule has 5 atom stereocenters. The molecule has 0 spiro atoms. The number of alkyl halides is 1. The summed E-state index contributed by atoms with van der Waals surface area (Å²) in [6.45, 7) is -0.421. The molecule has 72 valence electrons. The Bertz CT molecular complexity index is 154. The standard InChI is InChI=1S/C6H11FO4S/c7-6-5(11)4(10)3(9)2(1-8)12-6/h2-6,8-11H,1H2. The first-order chi connectivity index (χ1) is 5.57. The SMILES string of the molecule is OCC1SC(F)C(O)C(O)C1O. The van der Waals surface area contributed by atoms with Gasteiger partial charge in [0.25, 0.3) is 0 Å². The van der Waals surface area contributed by atoms with Crippen LogP contribution in [0.15, 0.2) is 0 Å². The normalized spacial score (nSPS) is 49.2. The Morgan fingerprint density at radius 3 is 2.17 bits per heavy atom. The zero-order valence-electron chi connectivity index (χ0n) is 6.17. The molecule has 0 aromatic carbocycles. The number of aliphatic hydroxyl groups excluding tert-OH is 4. The Kier molecular flexibility index (Phi) is 3.30. The molecule has 4 nitrogen and oxygen atoms in total. The summed E-state index contributed by atoms with van der Waals surface area (Å²) in [7, 11) is 0. The summed E-state index contributed by atoms with van der Waals surface area (Å²) in [4.78, 5) is 0. The first-order valence-electron chi connectivity index (χ1n) is 3.52. The molecule has 1 saturated heterocycles. The molecule has 1 aliphatic heterocycles. The fourth-order valence-electron chi connectivity index (χ4n) is 1.06. The average molecular weight is 198 g/mol. The van der Waals surface area contributed by atoms with Crippen LogP contribution in [-0.4, -0.2) is 56.1 Å². The van der Waals surface area contributed by atoms with E-state index in [0.717, 1.165) is 0 Å². The summed E-state index contributed by atoms with van der Waals surface area (Å²) in [5, 5.41) is 35.0. The van der Waals surface area contributed by atoms with Crippen LogP contribution in [0.1, 0.15) is 0 Å². The van der Waals surface area contributed by atoms with Crippen LogP contribution in [0, 0.1) is 0 Å². The minimum atomic E-state index is -1.65. The highest BCUT2D eigenvalue weighted by Gasteiger charge is 2.43. The molecule has 6 heteroatoms. The van der Waals surface area contributed by atoms with Crippen LogP contribution in [0.2, 0.25) is 0 Å². The van der Waals surface area contributed by atoms with Crippen LogP contribution in [0.4, 0.5) is 4.39 Å². The van der Waals surface area contributed by atoms with E-state index in [4.69, 9.17) is 20.4 Å². The van der Waals surface area contributed by atoms with E-state index in [1.54, 1.807) is 0 Å². The van der Waals surface area contributed by atoms with Gasteiger partial charge in [-0.25, -0.2) is 4.39 Å². The van der Waals surface area contributed by atoms with Gasteiger partial charge in [0.15, 0.2) is 5.50 Å². The number of rotatable bonds is 1. The molecular weight excluding hydrogens is 187 g/mol. The van der Waals surface area contributed by atoms with E-state index in [2.05, 4.69) is 0 Å². The zero-order valence-corrected chi connectivity index (χ0v) is 6.99. The Balaban J connectivity index is 2.63. The van der Waals surface area contributed by atoms with Crippen LogP contribution in [0.25, 0.3) is 0 Å². The number of hydrogen-bond acceptors (Lipinski definition) is 5. The molecule has 0 aliphatic carbocycles. The summed E-state index contributed by atoms with van der Waals surface area (Å²) in [5.41, 5.74) is -1.65. The molecule has 1 aliphatic rings. The summed E-state index contributed by atoms with van der Waals surface area (Å²) >= 11 is 0.630. The van der Waals surface area contributed by atoms with Gasteiger partial charge in [0.1, 0.15) is 12.2 Å². The summed E-state index contributed by atoms with van der Waals surface area (Å²) in [5.74, 6) is 0. The maximum atomic E-state index is 12.8. The highest BCUT2D eigenvalue weighted by Crippen LogP contribution is 2.33.